The largest absolute Gasteiger partial charge is 0.389 e. The summed E-state index contributed by atoms with van der Waals surface area (Å²) in [7, 11) is 0. The Bertz CT molecular complexity index is 1520. The quantitative estimate of drug-likeness (QED) is 0.146. The lowest BCUT2D eigenvalue weighted by Crippen LogP contribution is -2.67. The van der Waals surface area contributed by atoms with Crippen molar-refractivity contribution in [2.24, 2.45) is 17.2 Å². The van der Waals surface area contributed by atoms with E-state index >= 15 is 0 Å². The number of ether oxygens (including phenoxy) is 2. The van der Waals surface area contributed by atoms with Crippen molar-refractivity contribution in [2.45, 2.75) is 67.5 Å². The van der Waals surface area contributed by atoms with Gasteiger partial charge in [-0.15, -0.1) is 0 Å². The summed E-state index contributed by atoms with van der Waals surface area (Å²) in [6, 6.07) is 15.1. The van der Waals surface area contributed by atoms with Crippen molar-refractivity contribution in [3.63, 3.8) is 0 Å². The van der Waals surface area contributed by atoms with Gasteiger partial charge in [0, 0.05) is 24.2 Å². The van der Waals surface area contributed by atoms with Crippen molar-refractivity contribution in [2.75, 3.05) is 6.54 Å². The van der Waals surface area contributed by atoms with E-state index in [1.807, 2.05) is 42.5 Å². The van der Waals surface area contributed by atoms with Gasteiger partial charge in [-0.25, -0.2) is 0 Å². The minimum atomic E-state index is -1.45. The van der Waals surface area contributed by atoms with E-state index in [0.717, 1.165) is 32.3 Å². The first kappa shape index (κ1) is 27.2. The van der Waals surface area contributed by atoms with Crippen molar-refractivity contribution >= 4 is 38.2 Å². The van der Waals surface area contributed by atoms with Gasteiger partial charge >= 0.3 is 0 Å². The predicted molar refractivity (Wildman–Crippen MR) is 149 cm³/mol. The highest BCUT2D eigenvalue weighted by Crippen LogP contribution is 2.36. The van der Waals surface area contributed by atoms with Crippen molar-refractivity contribution < 1.29 is 34.7 Å². The monoisotopic (exact) mass is 550 g/mol. The number of nitrogens with two attached hydrogens (primary N) is 3. The molecule has 11 heteroatoms. The molecule has 11 N–H and O–H groups in total. The number of aliphatic hydroxyl groups excluding tert-OH is 4. The maximum absolute atomic E-state index is 13.4. The molecule has 2 aliphatic rings. The molecule has 0 unspecified atom stereocenters. The second-order valence-corrected chi connectivity index (χ2v) is 10.9. The van der Waals surface area contributed by atoms with E-state index in [2.05, 4.69) is 11.4 Å². The fourth-order valence-electron chi connectivity index (χ4n) is 6.09. The zero-order chi connectivity index (χ0) is 28.3. The first-order chi connectivity index (χ1) is 19.2. The third-order valence-corrected chi connectivity index (χ3v) is 8.37. The van der Waals surface area contributed by atoms with Gasteiger partial charge in [-0.2, -0.15) is 0 Å². The number of amides is 1. The van der Waals surface area contributed by atoms with E-state index in [9.17, 15) is 25.2 Å². The topological polar surface area (TPSA) is 207 Å². The number of hydrogen-bond donors (Lipinski definition) is 8. The average Bonchev–Trinajstić information content (AvgIpc) is 2.96. The Morgan fingerprint density at radius 3 is 2.20 bits per heavy atom. The van der Waals surface area contributed by atoms with Crippen LogP contribution < -0.4 is 22.5 Å². The second kappa shape index (κ2) is 10.5. The molecule has 1 saturated heterocycles. The lowest BCUT2D eigenvalue weighted by molar-refractivity contribution is -0.288. The summed E-state index contributed by atoms with van der Waals surface area (Å²) < 4.78 is 11.7. The molecule has 0 bridgehead atoms. The molecular formula is C29H34N4O7. The zero-order valence-corrected chi connectivity index (χ0v) is 21.6. The molecule has 2 fully saturated rings. The fourth-order valence-corrected chi connectivity index (χ4v) is 6.09. The molecule has 6 rings (SSSR count). The van der Waals surface area contributed by atoms with Crippen LogP contribution in [-0.4, -0.2) is 93.9 Å². The summed E-state index contributed by atoms with van der Waals surface area (Å²) in [5.41, 5.74) is 18.5. The summed E-state index contributed by atoms with van der Waals surface area (Å²) >= 11 is 0. The highest BCUT2D eigenvalue weighted by atomic mass is 16.7. The Morgan fingerprint density at radius 1 is 0.825 bits per heavy atom. The number of benzene rings is 4. The smallest absolute Gasteiger partial charge is 0.252 e. The van der Waals surface area contributed by atoms with Crippen LogP contribution in [0.5, 0.6) is 0 Å². The van der Waals surface area contributed by atoms with Crippen LogP contribution in [0.15, 0.2) is 54.6 Å². The maximum atomic E-state index is 13.4. The molecule has 212 valence electrons. The van der Waals surface area contributed by atoms with Crippen molar-refractivity contribution in [3.05, 3.63) is 60.2 Å². The molecule has 0 spiro atoms. The first-order valence-corrected chi connectivity index (χ1v) is 13.4. The Labute approximate surface area is 229 Å². The lowest BCUT2D eigenvalue weighted by atomic mass is 9.84. The van der Waals surface area contributed by atoms with Gasteiger partial charge in [0.2, 0.25) is 0 Å². The molecule has 1 saturated carbocycles. The van der Waals surface area contributed by atoms with E-state index in [-0.39, 0.29) is 18.9 Å². The van der Waals surface area contributed by atoms with E-state index in [1.54, 1.807) is 6.07 Å². The van der Waals surface area contributed by atoms with Gasteiger partial charge in [0.1, 0.15) is 30.5 Å². The molecule has 1 aliphatic carbocycles. The van der Waals surface area contributed by atoms with E-state index in [4.69, 9.17) is 26.7 Å². The average molecular weight is 551 g/mol. The molecule has 0 aromatic heterocycles. The van der Waals surface area contributed by atoms with Crippen LogP contribution in [0.4, 0.5) is 0 Å². The van der Waals surface area contributed by atoms with Gasteiger partial charge < -0.3 is 52.4 Å². The SMILES string of the molecule is N[C@H]1[C@@H](O[C@H]2[C@H](O)[C@@H](O)[C@H](N)C[C@@H]2N)O[C@H](CNC(=O)c2ccc3ccc4cccc5ccc2c3c45)[C@@H](O)[C@@H]1O. The summed E-state index contributed by atoms with van der Waals surface area (Å²) in [4.78, 5) is 13.4. The van der Waals surface area contributed by atoms with Crippen LogP contribution in [0.25, 0.3) is 32.3 Å². The number of nitrogens with one attached hydrogen (secondary N) is 1. The van der Waals surface area contributed by atoms with Gasteiger partial charge in [-0.05, 0) is 44.8 Å². The van der Waals surface area contributed by atoms with Crippen LogP contribution in [-0.2, 0) is 9.47 Å². The van der Waals surface area contributed by atoms with E-state index in [0.29, 0.717) is 5.56 Å². The number of rotatable bonds is 5. The summed E-state index contributed by atoms with van der Waals surface area (Å²) in [5, 5.41) is 50.8. The summed E-state index contributed by atoms with van der Waals surface area (Å²) in [6.45, 7) is -0.154. The van der Waals surface area contributed by atoms with Crippen LogP contribution in [0, 0.1) is 0 Å². The summed E-state index contributed by atoms with van der Waals surface area (Å²) in [5.74, 6) is -0.377. The minimum absolute atomic E-state index is 0.154. The van der Waals surface area contributed by atoms with Crippen LogP contribution >= 0.6 is 0 Å². The van der Waals surface area contributed by atoms with Crippen molar-refractivity contribution in [1.29, 1.82) is 0 Å². The third kappa shape index (κ3) is 4.49. The first-order valence-electron chi connectivity index (χ1n) is 13.4. The Morgan fingerprint density at radius 2 is 1.48 bits per heavy atom. The molecule has 10 atom stereocenters. The van der Waals surface area contributed by atoms with E-state index < -0.39 is 61.0 Å². The van der Waals surface area contributed by atoms with Gasteiger partial charge in [0.05, 0.1) is 12.1 Å². The maximum Gasteiger partial charge on any atom is 0.252 e. The molecule has 1 amide bonds. The predicted octanol–water partition coefficient (Wildman–Crippen LogP) is -0.747. The molecule has 1 aliphatic heterocycles. The van der Waals surface area contributed by atoms with Crippen molar-refractivity contribution in [3.8, 4) is 0 Å². The fraction of sp³-hybridized carbons (Fsp3) is 0.414. The van der Waals surface area contributed by atoms with Crippen LogP contribution in [0.2, 0.25) is 0 Å². The van der Waals surface area contributed by atoms with E-state index in [1.165, 1.54) is 0 Å². The molecule has 4 aromatic carbocycles. The minimum Gasteiger partial charge on any atom is -0.389 e. The highest BCUT2D eigenvalue weighted by Gasteiger charge is 2.48. The molecule has 40 heavy (non-hydrogen) atoms. The Balaban J connectivity index is 1.20. The van der Waals surface area contributed by atoms with Crippen LogP contribution in [0.1, 0.15) is 16.8 Å². The number of hydrogen-bond acceptors (Lipinski definition) is 10. The Hall–Kier alpha value is -2.97. The third-order valence-electron chi connectivity index (χ3n) is 8.37. The zero-order valence-electron chi connectivity index (χ0n) is 21.6. The second-order valence-electron chi connectivity index (χ2n) is 10.9. The van der Waals surface area contributed by atoms with Gasteiger partial charge in [0.25, 0.3) is 5.91 Å². The molecule has 4 aromatic rings. The molecule has 1 heterocycles. The number of carbonyl (C=O) groups excluding carboxylic acids is 1. The molecular weight excluding hydrogens is 516 g/mol. The standard InChI is InChI=1S/C29H34N4O7/c30-17-10-18(31)27(26(37)23(17)34)40-29-22(32)25(36)24(35)19(39-29)11-33-28(38)16-9-7-14-5-4-12-2-1-3-13-6-8-15(16)21(14)20(12)13/h1-9,17-19,22-27,29,34-37H,10-11,30-32H2,(H,33,38)/t17-,18+,19-,22-,23+,24-,25-,26-,27-,29-/m1/s1. The van der Waals surface area contributed by atoms with Crippen molar-refractivity contribution in [1.82, 2.24) is 5.32 Å². The summed E-state index contributed by atoms with van der Waals surface area (Å²) in [6.07, 6.45) is -8.75. The van der Waals surface area contributed by atoms with Gasteiger partial charge in [0.15, 0.2) is 6.29 Å². The molecule has 11 nitrogen and oxygen atoms in total. The highest BCUT2D eigenvalue weighted by molar-refractivity contribution is 6.26. The Kier molecular flexibility index (Phi) is 7.11. The van der Waals surface area contributed by atoms with Gasteiger partial charge in [-0.1, -0.05) is 48.5 Å². The number of aliphatic hydroxyl groups is 4. The normalized spacial score (nSPS) is 35.0. The lowest BCUT2D eigenvalue weighted by Gasteiger charge is -2.45. The van der Waals surface area contributed by atoms with Gasteiger partial charge in [-0.3, -0.25) is 4.79 Å². The number of carbonyl (C=O) groups is 1. The van der Waals surface area contributed by atoms with Crippen LogP contribution in [0.3, 0.4) is 0 Å². The molecule has 0 radical (unpaired) electrons.